The van der Waals surface area contributed by atoms with E-state index in [0.717, 1.165) is 19.4 Å². The molecule has 1 heterocycles. The minimum Gasteiger partial charge on any atom is -0.338 e. The lowest BCUT2D eigenvalue weighted by atomic mass is 10.1. The van der Waals surface area contributed by atoms with Gasteiger partial charge in [0.15, 0.2) is 0 Å². The molecule has 0 aromatic carbocycles. The molecule has 1 amide bonds. The van der Waals surface area contributed by atoms with E-state index in [4.69, 9.17) is 0 Å². The van der Waals surface area contributed by atoms with Gasteiger partial charge in [0.25, 0.3) is 0 Å². The van der Waals surface area contributed by atoms with Gasteiger partial charge in [-0.3, -0.25) is 4.79 Å². The number of hydrogen-bond donors (Lipinski definition) is 0. The summed E-state index contributed by atoms with van der Waals surface area (Å²) in [5.41, 5.74) is 0. The van der Waals surface area contributed by atoms with Gasteiger partial charge in [0.05, 0.1) is 4.83 Å². The van der Waals surface area contributed by atoms with Gasteiger partial charge in [-0.1, -0.05) is 22.4 Å². The molecule has 0 aromatic rings. The van der Waals surface area contributed by atoms with Gasteiger partial charge >= 0.3 is 0 Å². The van der Waals surface area contributed by atoms with Gasteiger partial charge in [0, 0.05) is 17.8 Å². The summed E-state index contributed by atoms with van der Waals surface area (Å²) in [6.07, 6.45) is 8.10. The Labute approximate surface area is 104 Å². The Hall–Kier alpha value is 0.300. The Bertz CT molecular complexity index is 249. The molecule has 3 atom stereocenters. The van der Waals surface area contributed by atoms with E-state index in [2.05, 4.69) is 27.1 Å². The first kappa shape index (κ1) is 11.8. The molecule has 0 radical (unpaired) electrons. The molecule has 2 nitrogen and oxygen atoms in total. The van der Waals surface area contributed by atoms with Crippen molar-refractivity contribution in [3.05, 3.63) is 0 Å². The topological polar surface area (TPSA) is 20.3 Å². The van der Waals surface area contributed by atoms with E-state index in [1.54, 1.807) is 0 Å². The van der Waals surface area contributed by atoms with Crippen LogP contribution in [0.15, 0.2) is 0 Å². The van der Waals surface area contributed by atoms with E-state index in [-0.39, 0.29) is 4.83 Å². The molecule has 0 spiro atoms. The summed E-state index contributed by atoms with van der Waals surface area (Å²) in [7, 11) is 0. The molecule has 86 valence electrons. The summed E-state index contributed by atoms with van der Waals surface area (Å²) < 4.78 is 0. The van der Waals surface area contributed by atoms with E-state index in [1.807, 2.05) is 11.8 Å². The highest BCUT2D eigenvalue weighted by Crippen LogP contribution is 2.34. The zero-order chi connectivity index (χ0) is 10.8. The maximum absolute atomic E-state index is 12.0. The van der Waals surface area contributed by atoms with Crippen molar-refractivity contribution < 1.29 is 4.79 Å². The Morgan fingerprint density at radius 1 is 1.33 bits per heavy atom. The third-order valence-electron chi connectivity index (χ3n) is 3.53. The highest BCUT2D eigenvalue weighted by molar-refractivity contribution is 9.10. The average Bonchev–Trinajstić information content (AvgIpc) is 2.70. The molecule has 1 saturated heterocycles. The zero-order valence-corrected chi connectivity index (χ0v) is 11.5. The second-order valence-electron chi connectivity index (χ2n) is 4.41. The summed E-state index contributed by atoms with van der Waals surface area (Å²) >= 11 is 5.41. The second-order valence-corrected chi connectivity index (χ2v) is 6.60. The fraction of sp³-hybridized carbons (Fsp3) is 0.909. The Balaban J connectivity index is 2.05. The molecule has 2 fully saturated rings. The zero-order valence-electron chi connectivity index (χ0n) is 9.12. The van der Waals surface area contributed by atoms with Crippen molar-refractivity contribution >= 4 is 33.6 Å². The summed E-state index contributed by atoms with van der Waals surface area (Å²) in [4.78, 5) is 14.3. The van der Waals surface area contributed by atoms with Crippen LogP contribution in [0.1, 0.15) is 32.1 Å². The van der Waals surface area contributed by atoms with E-state index in [9.17, 15) is 4.79 Å². The highest BCUT2D eigenvalue weighted by atomic mass is 79.9. The van der Waals surface area contributed by atoms with Gasteiger partial charge in [0.2, 0.25) is 5.91 Å². The molecule has 3 unspecified atom stereocenters. The normalized spacial score (nSPS) is 37.3. The number of halogens is 1. The average molecular weight is 292 g/mol. The van der Waals surface area contributed by atoms with E-state index in [0.29, 0.717) is 17.2 Å². The predicted molar refractivity (Wildman–Crippen MR) is 68.6 cm³/mol. The first-order chi connectivity index (χ1) is 7.24. The molecule has 0 N–H and O–H groups in total. The number of thioether (sulfide) groups is 1. The number of carbonyl (C=O) groups is 1. The van der Waals surface area contributed by atoms with Crippen molar-refractivity contribution in [3.8, 4) is 0 Å². The number of piperidine rings is 1. The van der Waals surface area contributed by atoms with Crippen molar-refractivity contribution in [2.75, 3.05) is 12.8 Å². The standard InChI is InChI=1S/C11H18BrNOS/c1-15-10-6-2-5-9(10)13-7-3-4-8(12)11(13)14/h8-10H,2-7H2,1H3. The summed E-state index contributed by atoms with van der Waals surface area (Å²) in [6.45, 7) is 0.975. The minimum atomic E-state index is 0.0781. The minimum absolute atomic E-state index is 0.0781. The molecular formula is C11H18BrNOS. The van der Waals surface area contributed by atoms with Crippen LogP contribution in [0.25, 0.3) is 0 Å². The number of amides is 1. The van der Waals surface area contributed by atoms with E-state index < -0.39 is 0 Å². The maximum atomic E-state index is 12.0. The fourth-order valence-corrected chi connectivity index (χ4v) is 4.31. The van der Waals surface area contributed by atoms with E-state index in [1.165, 1.54) is 19.3 Å². The third kappa shape index (κ3) is 2.36. The number of rotatable bonds is 2. The van der Waals surface area contributed by atoms with Gasteiger partial charge in [-0.05, 0) is 31.9 Å². The van der Waals surface area contributed by atoms with Gasteiger partial charge < -0.3 is 4.90 Å². The highest BCUT2D eigenvalue weighted by Gasteiger charge is 2.37. The number of carbonyl (C=O) groups excluding carboxylic acids is 1. The number of alkyl halides is 1. The van der Waals surface area contributed by atoms with Crippen molar-refractivity contribution in [1.82, 2.24) is 4.90 Å². The lowest BCUT2D eigenvalue weighted by molar-refractivity contribution is -0.134. The van der Waals surface area contributed by atoms with Crippen LogP contribution in [0.3, 0.4) is 0 Å². The van der Waals surface area contributed by atoms with Crippen LogP contribution >= 0.6 is 27.7 Å². The second kappa shape index (κ2) is 5.09. The monoisotopic (exact) mass is 291 g/mol. The fourth-order valence-electron chi connectivity index (χ4n) is 2.72. The number of hydrogen-bond acceptors (Lipinski definition) is 2. The van der Waals surface area contributed by atoms with Crippen LogP contribution in [0.2, 0.25) is 0 Å². The molecule has 0 aromatic heterocycles. The van der Waals surface area contributed by atoms with Crippen molar-refractivity contribution in [2.45, 2.75) is 48.2 Å². The van der Waals surface area contributed by atoms with Crippen LogP contribution in [0.4, 0.5) is 0 Å². The van der Waals surface area contributed by atoms with Gasteiger partial charge in [-0.2, -0.15) is 11.8 Å². The van der Waals surface area contributed by atoms with Crippen LogP contribution < -0.4 is 0 Å². The summed E-state index contributed by atoms with van der Waals surface area (Å²) in [6, 6.07) is 0.507. The van der Waals surface area contributed by atoms with Gasteiger partial charge in [-0.15, -0.1) is 0 Å². The molecular weight excluding hydrogens is 274 g/mol. The number of nitrogens with zero attached hydrogens (tertiary/aromatic N) is 1. The molecule has 1 aliphatic carbocycles. The first-order valence-corrected chi connectivity index (χ1v) is 7.91. The molecule has 2 aliphatic rings. The lowest BCUT2D eigenvalue weighted by Crippen LogP contribution is -2.49. The third-order valence-corrected chi connectivity index (χ3v) is 5.53. The summed E-state index contributed by atoms with van der Waals surface area (Å²) in [5, 5.41) is 0.673. The van der Waals surface area contributed by atoms with Crippen LogP contribution in [0, 0.1) is 0 Å². The van der Waals surface area contributed by atoms with E-state index >= 15 is 0 Å². The quantitative estimate of drug-likeness (QED) is 0.729. The van der Waals surface area contributed by atoms with Crippen LogP contribution in [-0.4, -0.2) is 39.7 Å². The molecule has 2 rings (SSSR count). The smallest absolute Gasteiger partial charge is 0.236 e. The van der Waals surface area contributed by atoms with Gasteiger partial charge in [0.1, 0.15) is 0 Å². The van der Waals surface area contributed by atoms with Gasteiger partial charge in [-0.25, -0.2) is 0 Å². The SMILES string of the molecule is CSC1CCCC1N1CCCC(Br)C1=O. The Morgan fingerprint density at radius 3 is 2.87 bits per heavy atom. The molecule has 1 saturated carbocycles. The largest absolute Gasteiger partial charge is 0.338 e. The Morgan fingerprint density at radius 2 is 2.13 bits per heavy atom. The first-order valence-electron chi connectivity index (χ1n) is 5.71. The Kier molecular flexibility index (Phi) is 3.99. The van der Waals surface area contributed by atoms with Crippen LogP contribution in [-0.2, 0) is 4.79 Å². The molecule has 4 heteroatoms. The molecule has 0 bridgehead atoms. The maximum Gasteiger partial charge on any atom is 0.236 e. The lowest BCUT2D eigenvalue weighted by Gasteiger charge is -2.37. The summed E-state index contributed by atoms with van der Waals surface area (Å²) in [5.74, 6) is 0.326. The molecule has 15 heavy (non-hydrogen) atoms. The predicted octanol–water partition coefficient (Wildman–Crippen LogP) is 2.66. The van der Waals surface area contributed by atoms with Crippen molar-refractivity contribution in [1.29, 1.82) is 0 Å². The molecule has 1 aliphatic heterocycles. The number of likely N-dealkylation sites (tertiary alicyclic amines) is 1. The van der Waals surface area contributed by atoms with Crippen molar-refractivity contribution in [3.63, 3.8) is 0 Å². The van der Waals surface area contributed by atoms with Crippen LogP contribution in [0.5, 0.6) is 0 Å². The van der Waals surface area contributed by atoms with Crippen molar-refractivity contribution in [2.24, 2.45) is 0 Å².